The number of aromatic nitrogens is 1. The molecule has 0 fully saturated rings. The molecule has 0 aliphatic carbocycles. The fourth-order valence-electron chi connectivity index (χ4n) is 1.17. The molecule has 17 heavy (non-hydrogen) atoms. The highest BCUT2D eigenvalue weighted by molar-refractivity contribution is 7.89. The Morgan fingerprint density at radius 2 is 2.35 bits per heavy atom. The topological polar surface area (TPSA) is 92.4 Å². The highest BCUT2D eigenvalue weighted by atomic mass is 32.2. The first-order valence-electron chi connectivity index (χ1n) is 4.69. The molecular formula is C9H10N2O4S2. The molecule has 8 heteroatoms. The average Bonchev–Trinajstić information content (AvgIpc) is 2.98. The molecule has 0 saturated carbocycles. The van der Waals surface area contributed by atoms with E-state index in [-0.39, 0.29) is 18.0 Å². The lowest BCUT2D eigenvalue weighted by atomic mass is 10.5. The molecule has 0 aromatic carbocycles. The number of hydrogen-bond donors (Lipinski definition) is 2. The minimum atomic E-state index is -3.56. The van der Waals surface area contributed by atoms with Crippen LogP contribution in [0.5, 0.6) is 0 Å². The molecule has 2 aromatic rings. The zero-order valence-electron chi connectivity index (χ0n) is 8.66. The van der Waals surface area contributed by atoms with E-state index in [1.54, 1.807) is 6.07 Å². The van der Waals surface area contributed by atoms with Gasteiger partial charge in [0, 0.05) is 16.3 Å². The maximum atomic E-state index is 11.8. The Morgan fingerprint density at radius 1 is 1.53 bits per heavy atom. The summed E-state index contributed by atoms with van der Waals surface area (Å²) in [6.45, 7) is -0.0907. The van der Waals surface area contributed by atoms with Crippen molar-refractivity contribution in [3.05, 3.63) is 34.3 Å². The van der Waals surface area contributed by atoms with Crippen LogP contribution in [0.25, 0.3) is 0 Å². The number of hydrogen-bond acceptors (Lipinski definition) is 6. The minimum Gasteiger partial charge on any atom is -0.391 e. The number of nitrogens with one attached hydrogen (secondary N) is 1. The van der Waals surface area contributed by atoms with E-state index in [1.807, 2.05) is 0 Å². The summed E-state index contributed by atoms with van der Waals surface area (Å²) in [6.07, 6.45) is 1.37. The number of rotatable bonds is 5. The van der Waals surface area contributed by atoms with E-state index in [1.165, 1.54) is 29.0 Å². The molecule has 0 atom stereocenters. The number of sulfonamides is 1. The molecule has 0 aliphatic heterocycles. The van der Waals surface area contributed by atoms with Gasteiger partial charge in [-0.2, -0.15) is 0 Å². The first-order valence-corrected chi connectivity index (χ1v) is 7.05. The molecule has 0 bridgehead atoms. The second kappa shape index (κ2) is 4.96. The second-order valence-corrected chi connectivity index (χ2v) is 5.98. The Bertz CT molecular complexity index is 574. The third-order valence-corrected chi connectivity index (χ3v) is 4.48. The molecule has 0 radical (unpaired) electrons. The van der Waals surface area contributed by atoms with Gasteiger partial charge in [-0.25, -0.2) is 13.1 Å². The monoisotopic (exact) mass is 274 g/mol. The van der Waals surface area contributed by atoms with E-state index in [2.05, 4.69) is 14.4 Å². The van der Waals surface area contributed by atoms with Crippen molar-refractivity contribution >= 4 is 21.4 Å². The molecule has 92 valence electrons. The SMILES string of the molecule is O=S(=O)(NCc1ccon1)c1csc(CO)c1. The zero-order chi connectivity index (χ0) is 12.3. The van der Waals surface area contributed by atoms with E-state index >= 15 is 0 Å². The molecule has 2 N–H and O–H groups in total. The van der Waals surface area contributed by atoms with Gasteiger partial charge in [0.05, 0.1) is 23.7 Å². The van der Waals surface area contributed by atoms with Crippen LogP contribution in [0, 0.1) is 0 Å². The van der Waals surface area contributed by atoms with Crippen LogP contribution in [0.4, 0.5) is 0 Å². The van der Waals surface area contributed by atoms with Gasteiger partial charge in [-0.1, -0.05) is 5.16 Å². The number of aliphatic hydroxyl groups is 1. The zero-order valence-corrected chi connectivity index (χ0v) is 10.3. The largest absolute Gasteiger partial charge is 0.391 e. The fourth-order valence-corrected chi connectivity index (χ4v) is 3.30. The van der Waals surface area contributed by atoms with Crippen molar-refractivity contribution < 1.29 is 18.0 Å². The lowest BCUT2D eigenvalue weighted by Crippen LogP contribution is -2.22. The molecule has 2 heterocycles. The minimum absolute atomic E-state index is 0.0726. The van der Waals surface area contributed by atoms with Gasteiger partial charge in [0.15, 0.2) is 0 Å². The molecule has 0 saturated heterocycles. The van der Waals surface area contributed by atoms with Crippen molar-refractivity contribution in [2.24, 2.45) is 0 Å². The van der Waals surface area contributed by atoms with Gasteiger partial charge in [0.25, 0.3) is 0 Å². The summed E-state index contributed by atoms with van der Waals surface area (Å²) in [7, 11) is -3.56. The van der Waals surface area contributed by atoms with Crippen LogP contribution >= 0.6 is 11.3 Å². The standard InChI is InChI=1S/C9H10N2O4S2/c12-5-8-3-9(6-16-8)17(13,14)10-4-7-1-2-15-11-7/h1-3,6,10,12H,4-5H2. The van der Waals surface area contributed by atoms with Crippen LogP contribution in [0.3, 0.4) is 0 Å². The molecule has 6 nitrogen and oxygen atoms in total. The van der Waals surface area contributed by atoms with Crippen molar-refractivity contribution in [3.63, 3.8) is 0 Å². The maximum Gasteiger partial charge on any atom is 0.241 e. The summed E-state index contributed by atoms with van der Waals surface area (Å²) in [5, 5.41) is 13.9. The Labute approximate surface area is 102 Å². The first kappa shape index (κ1) is 12.2. The van der Waals surface area contributed by atoms with Gasteiger partial charge < -0.3 is 9.63 Å². The van der Waals surface area contributed by atoms with Gasteiger partial charge in [-0.15, -0.1) is 11.3 Å². The van der Waals surface area contributed by atoms with Crippen molar-refractivity contribution in [1.29, 1.82) is 0 Å². The lowest BCUT2D eigenvalue weighted by molar-refractivity contribution is 0.285. The highest BCUT2D eigenvalue weighted by Crippen LogP contribution is 2.19. The second-order valence-electron chi connectivity index (χ2n) is 3.22. The van der Waals surface area contributed by atoms with Crippen LogP contribution in [-0.2, 0) is 23.2 Å². The van der Waals surface area contributed by atoms with Gasteiger partial charge in [-0.05, 0) is 6.07 Å². The van der Waals surface area contributed by atoms with Gasteiger partial charge in [0.1, 0.15) is 6.26 Å². The van der Waals surface area contributed by atoms with Crippen molar-refractivity contribution in [3.8, 4) is 0 Å². The van der Waals surface area contributed by atoms with Gasteiger partial charge in [0.2, 0.25) is 10.0 Å². The predicted octanol–water partition coefficient (Wildman–Crippen LogP) is 0.707. The van der Waals surface area contributed by atoms with Crippen molar-refractivity contribution in [1.82, 2.24) is 9.88 Å². The predicted molar refractivity (Wildman–Crippen MR) is 60.8 cm³/mol. The summed E-state index contributed by atoms with van der Waals surface area (Å²) >= 11 is 1.20. The van der Waals surface area contributed by atoms with E-state index in [0.29, 0.717) is 10.6 Å². The Kier molecular flexibility index (Phi) is 3.57. The van der Waals surface area contributed by atoms with Crippen LogP contribution in [-0.4, -0.2) is 18.7 Å². The Morgan fingerprint density at radius 3 is 2.94 bits per heavy atom. The maximum absolute atomic E-state index is 11.8. The normalized spacial score (nSPS) is 11.8. The van der Waals surface area contributed by atoms with Crippen LogP contribution in [0.2, 0.25) is 0 Å². The third-order valence-electron chi connectivity index (χ3n) is 2.03. The Balaban J connectivity index is 2.08. The van der Waals surface area contributed by atoms with Crippen LogP contribution in [0.1, 0.15) is 10.6 Å². The molecular weight excluding hydrogens is 264 g/mol. The quantitative estimate of drug-likeness (QED) is 0.837. The van der Waals surface area contributed by atoms with Crippen LogP contribution < -0.4 is 4.72 Å². The van der Waals surface area contributed by atoms with Crippen molar-refractivity contribution in [2.75, 3.05) is 0 Å². The average molecular weight is 274 g/mol. The number of aliphatic hydroxyl groups excluding tert-OH is 1. The van der Waals surface area contributed by atoms with E-state index < -0.39 is 10.0 Å². The molecule has 2 aromatic heterocycles. The van der Waals surface area contributed by atoms with E-state index in [0.717, 1.165) is 0 Å². The number of thiophene rings is 1. The fraction of sp³-hybridized carbons (Fsp3) is 0.222. The van der Waals surface area contributed by atoms with Gasteiger partial charge in [-0.3, -0.25) is 0 Å². The van der Waals surface area contributed by atoms with Crippen molar-refractivity contribution in [2.45, 2.75) is 18.0 Å². The summed E-state index contributed by atoms with van der Waals surface area (Å²) in [5.41, 5.74) is 0.506. The smallest absolute Gasteiger partial charge is 0.241 e. The summed E-state index contributed by atoms with van der Waals surface area (Å²) in [4.78, 5) is 0.752. The Hall–Kier alpha value is -1.22. The third kappa shape index (κ3) is 2.91. The lowest BCUT2D eigenvalue weighted by Gasteiger charge is -2.01. The molecule has 2 rings (SSSR count). The van der Waals surface area contributed by atoms with E-state index in [9.17, 15) is 8.42 Å². The highest BCUT2D eigenvalue weighted by Gasteiger charge is 2.16. The molecule has 0 unspecified atom stereocenters. The number of nitrogens with zero attached hydrogens (tertiary/aromatic N) is 1. The van der Waals surface area contributed by atoms with E-state index in [4.69, 9.17) is 5.11 Å². The van der Waals surface area contributed by atoms with Gasteiger partial charge >= 0.3 is 0 Å². The molecule has 0 amide bonds. The van der Waals surface area contributed by atoms with Crippen LogP contribution in [0.15, 0.2) is 33.2 Å². The summed E-state index contributed by atoms with van der Waals surface area (Å²) in [5.74, 6) is 0. The molecule has 0 spiro atoms. The summed E-state index contributed by atoms with van der Waals surface area (Å²) in [6, 6.07) is 3.02. The summed E-state index contributed by atoms with van der Waals surface area (Å²) < 4.78 is 30.6. The first-order chi connectivity index (χ1) is 8.12. The molecule has 0 aliphatic rings.